The van der Waals surface area contributed by atoms with Crippen LogP contribution in [-0.2, 0) is 21.8 Å². The highest BCUT2D eigenvalue weighted by molar-refractivity contribution is 9.10. The van der Waals surface area contributed by atoms with Crippen molar-refractivity contribution in [3.63, 3.8) is 0 Å². The van der Waals surface area contributed by atoms with Gasteiger partial charge in [0.1, 0.15) is 6.10 Å². The molecular formula is C23H18Br2ClNO2. The van der Waals surface area contributed by atoms with Crippen molar-refractivity contribution in [3.8, 4) is 0 Å². The predicted molar refractivity (Wildman–Crippen MR) is 124 cm³/mol. The third-order valence-electron chi connectivity index (χ3n) is 5.48. The van der Waals surface area contributed by atoms with Crippen LogP contribution in [0.15, 0.2) is 69.6 Å². The number of hydrogen-bond acceptors (Lipinski definition) is 2. The van der Waals surface area contributed by atoms with Gasteiger partial charge < -0.3 is 14.0 Å². The maximum atomic E-state index is 6.39. The smallest absolute Gasteiger partial charge is 0.192 e. The lowest BCUT2D eigenvalue weighted by molar-refractivity contribution is -0.162. The first-order valence-corrected chi connectivity index (χ1v) is 11.3. The van der Waals surface area contributed by atoms with Crippen LogP contribution in [0.1, 0.15) is 12.5 Å². The van der Waals surface area contributed by atoms with Gasteiger partial charge in [-0.15, -0.1) is 0 Å². The molecular weight excluding hydrogens is 518 g/mol. The first-order chi connectivity index (χ1) is 13.9. The van der Waals surface area contributed by atoms with Crippen molar-refractivity contribution in [2.45, 2.75) is 25.4 Å². The Morgan fingerprint density at radius 3 is 2.14 bits per heavy atom. The molecule has 2 atom stereocenters. The van der Waals surface area contributed by atoms with E-state index in [1.807, 2.05) is 31.2 Å². The summed E-state index contributed by atoms with van der Waals surface area (Å²) in [6, 6.07) is 20.5. The number of rotatable bonds is 3. The fourth-order valence-corrected chi connectivity index (χ4v) is 4.93. The highest BCUT2D eigenvalue weighted by atomic mass is 79.9. The van der Waals surface area contributed by atoms with Crippen molar-refractivity contribution in [2.24, 2.45) is 0 Å². The van der Waals surface area contributed by atoms with E-state index in [1.165, 1.54) is 21.8 Å². The topological polar surface area (TPSA) is 23.4 Å². The molecule has 0 radical (unpaired) electrons. The predicted octanol–water partition coefficient (Wildman–Crippen LogP) is 7.26. The monoisotopic (exact) mass is 533 g/mol. The summed E-state index contributed by atoms with van der Waals surface area (Å²) in [4.78, 5) is 0. The van der Waals surface area contributed by atoms with Gasteiger partial charge >= 0.3 is 0 Å². The molecule has 3 aromatic carbocycles. The quantitative estimate of drug-likeness (QED) is 0.276. The van der Waals surface area contributed by atoms with Gasteiger partial charge in [0.05, 0.1) is 13.2 Å². The van der Waals surface area contributed by atoms with E-state index in [9.17, 15) is 0 Å². The van der Waals surface area contributed by atoms with E-state index in [4.69, 9.17) is 21.1 Å². The van der Waals surface area contributed by atoms with Crippen LogP contribution >= 0.6 is 43.5 Å². The van der Waals surface area contributed by atoms with E-state index in [0.29, 0.717) is 18.2 Å². The molecule has 0 bridgehead atoms. The number of hydrogen-bond donors (Lipinski definition) is 0. The maximum absolute atomic E-state index is 6.39. The van der Waals surface area contributed by atoms with Gasteiger partial charge in [0.15, 0.2) is 5.79 Å². The minimum Gasteiger partial charge on any atom is -0.343 e. The van der Waals surface area contributed by atoms with E-state index in [-0.39, 0.29) is 6.10 Å². The Morgan fingerprint density at radius 1 is 0.966 bits per heavy atom. The van der Waals surface area contributed by atoms with Crippen molar-refractivity contribution in [1.29, 1.82) is 0 Å². The molecule has 1 aliphatic heterocycles. The zero-order valence-electron chi connectivity index (χ0n) is 15.7. The molecule has 29 heavy (non-hydrogen) atoms. The molecule has 1 aliphatic rings. The Bertz CT molecular complexity index is 1160. The van der Waals surface area contributed by atoms with Crippen LogP contribution in [0, 0.1) is 0 Å². The number of aromatic nitrogens is 1. The summed E-state index contributed by atoms with van der Waals surface area (Å²) < 4.78 is 16.9. The number of ether oxygens (including phenoxy) is 2. The third-order valence-corrected chi connectivity index (χ3v) is 6.72. The molecule has 0 aliphatic carbocycles. The lowest BCUT2D eigenvalue weighted by atomic mass is 10.1. The van der Waals surface area contributed by atoms with E-state index < -0.39 is 5.79 Å². The molecule has 0 unspecified atom stereocenters. The average Bonchev–Trinajstić information content (AvgIpc) is 3.21. The molecule has 1 saturated heterocycles. The summed E-state index contributed by atoms with van der Waals surface area (Å²) in [6.45, 7) is 3.22. The molecule has 5 rings (SSSR count). The highest BCUT2D eigenvalue weighted by Gasteiger charge is 2.39. The van der Waals surface area contributed by atoms with Crippen molar-refractivity contribution in [1.82, 2.24) is 4.57 Å². The Morgan fingerprint density at radius 2 is 1.55 bits per heavy atom. The molecule has 1 fully saturated rings. The van der Waals surface area contributed by atoms with Crippen molar-refractivity contribution in [2.75, 3.05) is 6.61 Å². The second kappa shape index (κ2) is 7.40. The SMILES string of the molecule is C[C@]1(c2ccc(Cl)cc2)OC[C@H](Cn2c3ccc(Br)cc3c3cc(Br)ccc32)O1. The Labute approximate surface area is 190 Å². The summed E-state index contributed by atoms with van der Waals surface area (Å²) in [5.74, 6) is -0.764. The van der Waals surface area contributed by atoms with Gasteiger partial charge in [-0.1, -0.05) is 55.6 Å². The van der Waals surface area contributed by atoms with Gasteiger partial charge in [0, 0.05) is 41.3 Å². The van der Waals surface area contributed by atoms with E-state index in [1.54, 1.807) is 0 Å². The van der Waals surface area contributed by atoms with Gasteiger partial charge in [-0.05, 0) is 55.5 Å². The zero-order chi connectivity index (χ0) is 20.2. The molecule has 4 aromatic rings. The van der Waals surface area contributed by atoms with Gasteiger partial charge in [-0.25, -0.2) is 0 Å². The van der Waals surface area contributed by atoms with Crippen LogP contribution in [0.4, 0.5) is 0 Å². The number of benzene rings is 3. The zero-order valence-corrected chi connectivity index (χ0v) is 19.6. The number of halogens is 3. The average molecular weight is 536 g/mol. The summed E-state index contributed by atoms with van der Waals surface area (Å²) >= 11 is 13.2. The lowest BCUT2D eigenvalue weighted by Crippen LogP contribution is -2.25. The van der Waals surface area contributed by atoms with Crippen LogP contribution < -0.4 is 0 Å². The fraction of sp³-hybridized carbons (Fsp3) is 0.217. The van der Waals surface area contributed by atoms with Gasteiger partial charge in [-0.3, -0.25) is 0 Å². The van der Waals surface area contributed by atoms with Crippen LogP contribution in [0.5, 0.6) is 0 Å². The minimum absolute atomic E-state index is 0.0539. The summed E-state index contributed by atoms with van der Waals surface area (Å²) in [5, 5.41) is 3.14. The molecule has 148 valence electrons. The summed E-state index contributed by atoms with van der Waals surface area (Å²) in [7, 11) is 0. The molecule has 2 heterocycles. The number of fused-ring (bicyclic) bond motifs is 3. The summed E-state index contributed by atoms with van der Waals surface area (Å²) in [6.07, 6.45) is -0.0539. The second-order valence-corrected chi connectivity index (χ2v) is 9.70. The Hall–Kier alpha value is -1.37. The molecule has 0 saturated carbocycles. The Balaban J connectivity index is 1.51. The molecule has 0 spiro atoms. The van der Waals surface area contributed by atoms with Crippen molar-refractivity contribution < 1.29 is 9.47 Å². The minimum atomic E-state index is -0.764. The largest absolute Gasteiger partial charge is 0.343 e. The van der Waals surface area contributed by atoms with E-state index in [2.05, 4.69) is 72.8 Å². The first-order valence-electron chi connectivity index (χ1n) is 9.38. The van der Waals surface area contributed by atoms with Crippen LogP contribution in [0.3, 0.4) is 0 Å². The Kier molecular flexibility index (Phi) is 5.00. The van der Waals surface area contributed by atoms with Crippen molar-refractivity contribution in [3.05, 3.63) is 80.2 Å². The fourth-order valence-electron chi connectivity index (χ4n) is 4.08. The standard InChI is InChI=1S/C23H18Br2ClNO2/c1-23(14-2-6-17(26)7-3-14)28-13-18(29-23)12-27-21-8-4-15(24)10-19(21)20-11-16(25)5-9-22(20)27/h2-11,18H,12-13H2,1H3/t18-,23-/m0/s1. The van der Waals surface area contributed by atoms with Gasteiger partial charge in [0.2, 0.25) is 0 Å². The van der Waals surface area contributed by atoms with E-state index in [0.717, 1.165) is 14.5 Å². The van der Waals surface area contributed by atoms with Crippen LogP contribution in [-0.4, -0.2) is 17.3 Å². The van der Waals surface area contributed by atoms with Gasteiger partial charge in [-0.2, -0.15) is 0 Å². The second-order valence-electron chi connectivity index (χ2n) is 7.44. The third kappa shape index (κ3) is 3.53. The van der Waals surface area contributed by atoms with Crippen molar-refractivity contribution >= 4 is 65.3 Å². The lowest BCUT2D eigenvalue weighted by Gasteiger charge is -2.24. The summed E-state index contributed by atoms with van der Waals surface area (Å²) in [5.41, 5.74) is 3.34. The first kappa shape index (κ1) is 19.6. The van der Waals surface area contributed by atoms with Gasteiger partial charge in [0.25, 0.3) is 0 Å². The van der Waals surface area contributed by atoms with Crippen LogP contribution in [0.25, 0.3) is 21.8 Å². The van der Waals surface area contributed by atoms with Crippen LogP contribution in [0.2, 0.25) is 5.02 Å². The molecule has 0 N–H and O–H groups in total. The molecule has 3 nitrogen and oxygen atoms in total. The van der Waals surface area contributed by atoms with E-state index >= 15 is 0 Å². The highest BCUT2D eigenvalue weighted by Crippen LogP contribution is 2.37. The normalized spacial score (nSPS) is 22.0. The number of nitrogens with zero attached hydrogens (tertiary/aromatic N) is 1. The molecule has 1 aromatic heterocycles. The maximum Gasteiger partial charge on any atom is 0.192 e. The molecule has 0 amide bonds. The molecule has 6 heteroatoms.